The molecule has 0 aromatic heterocycles. The Bertz CT molecular complexity index is 779. The minimum absolute atomic E-state index is 0.163. The highest BCUT2D eigenvalue weighted by atomic mass is 127. The lowest BCUT2D eigenvalue weighted by Crippen LogP contribution is -2.29. The number of rotatable bonds is 5. The number of carbonyl (C=O) groups excluding carboxylic acids is 1. The Morgan fingerprint density at radius 2 is 2.08 bits per heavy atom. The largest absolute Gasteiger partial charge is 0.355 e. The van der Waals surface area contributed by atoms with Gasteiger partial charge < -0.3 is 10.1 Å². The van der Waals surface area contributed by atoms with Crippen LogP contribution in [0.15, 0.2) is 36.4 Å². The predicted octanol–water partition coefficient (Wildman–Crippen LogP) is 4.28. The highest BCUT2D eigenvalue weighted by Gasteiger charge is 2.19. The van der Waals surface area contributed by atoms with Gasteiger partial charge in [0.2, 0.25) is 0 Å². The molecular formula is C18H18FIN2O3. The lowest BCUT2D eigenvalue weighted by molar-refractivity contribution is -0.142. The fraction of sp³-hybridized carbons (Fsp3) is 0.278. The molecule has 1 saturated heterocycles. The van der Waals surface area contributed by atoms with Crippen molar-refractivity contribution in [1.29, 1.82) is 0 Å². The van der Waals surface area contributed by atoms with Gasteiger partial charge in [0.25, 0.3) is 5.91 Å². The molecule has 132 valence electrons. The Balaban J connectivity index is 1.78. The summed E-state index contributed by atoms with van der Waals surface area (Å²) < 4.78 is 20.0. The lowest BCUT2D eigenvalue weighted by atomic mass is 10.1. The smallest absolute Gasteiger partial charge is 0.277 e. The summed E-state index contributed by atoms with van der Waals surface area (Å²) in [5.74, 6) is -1.02. The highest BCUT2D eigenvalue weighted by molar-refractivity contribution is 14.1. The van der Waals surface area contributed by atoms with Gasteiger partial charge in [0.15, 0.2) is 6.29 Å². The summed E-state index contributed by atoms with van der Waals surface area (Å²) in [6.45, 7) is 2.58. The quantitative estimate of drug-likeness (QED) is 0.521. The van der Waals surface area contributed by atoms with Crippen LogP contribution in [0.25, 0.3) is 0 Å². The number of amides is 1. The van der Waals surface area contributed by atoms with Crippen LogP contribution in [0.1, 0.15) is 28.8 Å². The molecule has 2 aromatic rings. The first kappa shape index (κ1) is 18.1. The minimum Gasteiger partial charge on any atom is -0.355 e. The summed E-state index contributed by atoms with van der Waals surface area (Å²) in [6.07, 6.45) is 1.16. The Labute approximate surface area is 159 Å². The third-order valence-corrected chi connectivity index (χ3v) is 4.53. The second-order valence-electron chi connectivity index (χ2n) is 5.77. The number of nitrogens with one attached hydrogen (secondary N) is 2. The average molecular weight is 456 g/mol. The normalized spacial score (nSPS) is 16.7. The molecular weight excluding hydrogens is 438 g/mol. The molecule has 1 fully saturated rings. The van der Waals surface area contributed by atoms with Crippen LogP contribution in [0.3, 0.4) is 0 Å². The van der Waals surface area contributed by atoms with Crippen molar-refractivity contribution in [2.24, 2.45) is 0 Å². The summed E-state index contributed by atoms with van der Waals surface area (Å²) in [5, 5.41) is 3.19. The van der Waals surface area contributed by atoms with Crippen LogP contribution in [0.2, 0.25) is 0 Å². The van der Waals surface area contributed by atoms with E-state index in [-0.39, 0.29) is 5.56 Å². The number of hydroxylamine groups is 1. The maximum absolute atomic E-state index is 13.6. The van der Waals surface area contributed by atoms with Crippen molar-refractivity contribution in [2.75, 3.05) is 11.9 Å². The molecule has 1 atom stereocenters. The molecule has 7 heteroatoms. The topological polar surface area (TPSA) is 59.6 Å². The maximum Gasteiger partial charge on any atom is 0.277 e. The van der Waals surface area contributed by atoms with Crippen LogP contribution in [-0.4, -0.2) is 18.8 Å². The predicted molar refractivity (Wildman–Crippen MR) is 101 cm³/mol. The zero-order chi connectivity index (χ0) is 17.8. The van der Waals surface area contributed by atoms with Crippen molar-refractivity contribution in [3.63, 3.8) is 0 Å². The Kier molecular flexibility index (Phi) is 5.87. The molecule has 1 amide bonds. The summed E-state index contributed by atoms with van der Waals surface area (Å²) >= 11 is 2.23. The second-order valence-corrected chi connectivity index (χ2v) is 7.01. The van der Waals surface area contributed by atoms with Gasteiger partial charge in [0.1, 0.15) is 5.82 Å². The number of carbonyl (C=O) groups is 1. The molecule has 1 aliphatic rings. The van der Waals surface area contributed by atoms with E-state index in [1.165, 1.54) is 18.2 Å². The van der Waals surface area contributed by atoms with Crippen LogP contribution in [0, 0.1) is 16.3 Å². The van der Waals surface area contributed by atoms with Crippen molar-refractivity contribution >= 4 is 39.9 Å². The molecule has 0 saturated carbocycles. The molecule has 0 spiro atoms. The van der Waals surface area contributed by atoms with Crippen molar-refractivity contribution in [1.82, 2.24) is 5.48 Å². The van der Waals surface area contributed by atoms with Gasteiger partial charge in [-0.15, -0.1) is 0 Å². The van der Waals surface area contributed by atoms with Gasteiger partial charge in [-0.05, 0) is 77.9 Å². The van der Waals surface area contributed by atoms with Crippen molar-refractivity contribution in [2.45, 2.75) is 26.1 Å². The molecule has 2 aromatic carbocycles. The number of hydrogen-bond acceptors (Lipinski definition) is 4. The van der Waals surface area contributed by atoms with Crippen molar-refractivity contribution in [3.05, 3.63) is 56.9 Å². The zero-order valence-corrected chi connectivity index (χ0v) is 15.8. The van der Waals surface area contributed by atoms with Crippen molar-refractivity contribution < 1.29 is 18.8 Å². The molecule has 0 aliphatic carbocycles. The summed E-state index contributed by atoms with van der Waals surface area (Å²) in [5.41, 5.74) is 4.88. The summed E-state index contributed by atoms with van der Waals surface area (Å²) in [7, 11) is 0. The number of anilines is 2. The Morgan fingerprint density at radius 3 is 2.80 bits per heavy atom. The van der Waals surface area contributed by atoms with Gasteiger partial charge in [-0.1, -0.05) is 0 Å². The molecule has 2 N–H and O–H groups in total. The summed E-state index contributed by atoms with van der Waals surface area (Å²) in [6, 6.07) is 9.92. The molecule has 3 rings (SSSR count). The van der Waals surface area contributed by atoms with Gasteiger partial charge in [-0.3, -0.25) is 4.79 Å². The third-order valence-electron chi connectivity index (χ3n) is 3.86. The molecule has 25 heavy (non-hydrogen) atoms. The Morgan fingerprint density at radius 1 is 1.28 bits per heavy atom. The van der Waals surface area contributed by atoms with E-state index in [1.807, 2.05) is 25.1 Å². The van der Waals surface area contributed by atoms with E-state index in [2.05, 4.69) is 33.4 Å². The number of benzene rings is 2. The fourth-order valence-corrected chi connectivity index (χ4v) is 3.19. The van der Waals surface area contributed by atoms with Crippen LogP contribution >= 0.6 is 22.6 Å². The van der Waals surface area contributed by atoms with Crippen LogP contribution in [0.5, 0.6) is 0 Å². The van der Waals surface area contributed by atoms with Crippen LogP contribution in [-0.2, 0) is 9.57 Å². The third kappa shape index (κ3) is 4.68. The number of aryl methyl sites for hydroxylation is 1. The van der Waals surface area contributed by atoms with Crippen molar-refractivity contribution in [3.8, 4) is 0 Å². The van der Waals surface area contributed by atoms with E-state index in [0.717, 1.165) is 27.7 Å². The first-order valence-corrected chi connectivity index (χ1v) is 9.01. The number of hydrogen-bond donors (Lipinski definition) is 2. The first-order chi connectivity index (χ1) is 12.0. The van der Waals surface area contributed by atoms with Gasteiger partial charge >= 0.3 is 0 Å². The molecule has 1 heterocycles. The molecule has 1 unspecified atom stereocenters. The van der Waals surface area contributed by atoms with Crippen LogP contribution in [0.4, 0.5) is 15.8 Å². The van der Waals surface area contributed by atoms with Gasteiger partial charge in [-0.25, -0.2) is 14.7 Å². The van der Waals surface area contributed by atoms with E-state index in [1.54, 1.807) is 0 Å². The molecule has 5 nitrogen and oxygen atoms in total. The van der Waals surface area contributed by atoms with Gasteiger partial charge in [0, 0.05) is 15.7 Å². The average Bonchev–Trinajstić information content (AvgIpc) is 3.10. The van der Waals surface area contributed by atoms with Gasteiger partial charge in [-0.2, -0.15) is 0 Å². The second kappa shape index (κ2) is 8.11. The van der Waals surface area contributed by atoms with Crippen LogP contribution < -0.4 is 10.8 Å². The molecule has 0 bridgehead atoms. The zero-order valence-electron chi connectivity index (χ0n) is 13.6. The highest BCUT2D eigenvalue weighted by Crippen LogP contribution is 2.26. The van der Waals surface area contributed by atoms with E-state index < -0.39 is 18.0 Å². The standard InChI is InChI=1S/C18H18FIN2O3/c1-11-9-13(20)5-7-15(11)21-16-6-4-12(19)10-14(16)18(23)22-25-17-3-2-8-24-17/h4-7,9-10,17,21H,2-3,8H2,1H3,(H,22,23). The Hall–Kier alpha value is -1.71. The first-order valence-electron chi connectivity index (χ1n) is 7.93. The van der Waals surface area contributed by atoms with Gasteiger partial charge in [0.05, 0.1) is 17.9 Å². The monoisotopic (exact) mass is 456 g/mol. The maximum atomic E-state index is 13.6. The molecule has 0 radical (unpaired) electrons. The summed E-state index contributed by atoms with van der Waals surface area (Å²) in [4.78, 5) is 17.6. The van der Waals surface area contributed by atoms with E-state index in [9.17, 15) is 9.18 Å². The van der Waals surface area contributed by atoms with E-state index in [0.29, 0.717) is 12.3 Å². The van der Waals surface area contributed by atoms with E-state index in [4.69, 9.17) is 9.57 Å². The number of halogens is 2. The lowest BCUT2D eigenvalue weighted by Gasteiger charge is -2.15. The number of ether oxygens (including phenoxy) is 1. The molecule has 1 aliphatic heterocycles. The SMILES string of the molecule is Cc1cc(I)ccc1Nc1ccc(F)cc1C(=O)NOC1CCCO1. The van der Waals surface area contributed by atoms with E-state index >= 15 is 0 Å². The fourth-order valence-electron chi connectivity index (χ4n) is 2.54. The minimum atomic E-state index is -0.527.